The molecule has 0 aromatic heterocycles. The number of quaternary nitrogens is 1. The Hall–Kier alpha value is -2.91. The van der Waals surface area contributed by atoms with Gasteiger partial charge in [-0.05, 0) is 24.3 Å². The third-order valence-corrected chi connectivity index (χ3v) is 4.76. The van der Waals surface area contributed by atoms with Crippen molar-refractivity contribution in [2.24, 2.45) is 5.92 Å². The number of carbonyl (C=O) groups is 3. The second-order valence-corrected chi connectivity index (χ2v) is 6.68. The van der Waals surface area contributed by atoms with Crippen molar-refractivity contribution in [3.8, 4) is 5.75 Å². The number of hydrogen-bond donors (Lipinski definition) is 3. The number of amides is 4. The van der Waals surface area contributed by atoms with E-state index in [-0.39, 0.29) is 5.70 Å². The number of nitrogens with one attached hydrogen (secondary N) is 3. The summed E-state index contributed by atoms with van der Waals surface area (Å²) in [5, 5.41) is 4.17. The lowest BCUT2D eigenvalue weighted by Gasteiger charge is -2.35. The summed E-state index contributed by atoms with van der Waals surface area (Å²) in [5.41, 5.74) is 3.67. The second-order valence-electron chi connectivity index (χ2n) is 6.68. The molecule has 2 saturated heterocycles. The zero-order valence-electron chi connectivity index (χ0n) is 15.4. The molecule has 2 aliphatic rings. The van der Waals surface area contributed by atoms with Gasteiger partial charge in [0.25, 0.3) is 5.91 Å². The zero-order valence-corrected chi connectivity index (χ0v) is 15.4. The lowest BCUT2D eigenvalue weighted by molar-refractivity contribution is -0.884. The number of piperazine rings is 1. The molecule has 1 aromatic rings. The smallest absolute Gasteiger partial charge is 0.335 e. The molecule has 3 rings (SSSR count). The molecule has 0 saturated carbocycles. The predicted molar refractivity (Wildman–Crippen MR) is 98.0 cm³/mol. The highest BCUT2D eigenvalue weighted by molar-refractivity contribution is 6.28. The number of rotatable bonds is 5. The van der Waals surface area contributed by atoms with Gasteiger partial charge in [0.1, 0.15) is 5.75 Å². The minimum absolute atomic E-state index is 0.253. The molecular formula is C18H24N5O4+. The first-order chi connectivity index (χ1) is 12.9. The first-order valence-corrected chi connectivity index (χ1v) is 8.75. The fourth-order valence-corrected chi connectivity index (χ4v) is 3.13. The van der Waals surface area contributed by atoms with E-state index in [9.17, 15) is 14.4 Å². The Morgan fingerprint density at radius 3 is 2.44 bits per heavy atom. The SMILES string of the molecule is C=C(NN1CC[NH+](C)CC1)[C@@H]1C(=O)NC(=O)N(c2ccc(OC)cc2)C1=O. The molecule has 2 aliphatic heterocycles. The van der Waals surface area contributed by atoms with E-state index in [1.165, 1.54) is 12.0 Å². The number of likely N-dealkylation sites (N-methyl/N-ethyl adjacent to an activating group) is 1. The van der Waals surface area contributed by atoms with Gasteiger partial charge < -0.3 is 15.1 Å². The van der Waals surface area contributed by atoms with Gasteiger partial charge in [-0.3, -0.25) is 14.9 Å². The van der Waals surface area contributed by atoms with Crippen molar-refractivity contribution >= 4 is 23.5 Å². The largest absolute Gasteiger partial charge is 0.497 e. The van der Waals surface area contributed by atoms with Crippen molar-refractivity contribution in [1.82, 2.24) is 15.8 Å². The summed E-state index contributed by atoms with van der Waals surface area (Å²) in [5.74, 6) is -1.89. The number of anilines is 1. The second kappa shape index (κ2) is 7.77. The summed E-state index contributed by atoms with van der Waals surface area (Å²) in [4.78, 5) is 39.8. The van der Waals surface area contributed by atoms with Crippen LogP contribution in [0.5, 0.6) is 5.75 Å². The maximum atomic E-state index is 12.9. The molecule has 27 heavy (non-hydrogen) atoms. The number of hydrazine groups is 1. The number of barbiturate groups is 1. The summed E-state index contributed by atoms with van der Waals surface area (Å²) in [6, 6.07) is 5.68. The van der Waals surface area contributed by atoms with Crippen LogP contribution in [0.25, 0.3) is 0 Å². The molecule has 4 amide bonds. The number of methoxy groups -OCH3 is 1. The van der Waals surface area contributed by atoms with Gasteiger partial charge in [-0.15, -0.1) is 0 Å². The van der Waals surface area contributed by atoms with Crippen LogP contribution in [-0.4, -0.2) is 63.2 Å². The normalized spacial score (nSPS) is 21.8. The third kappa shape index (κ3) is 3.93. The quantitative estimate of drug-likeness (QED) is 0.557. The van der Waals surface area contributed by atoms with Crippen molar-refractivity contribution in [3.05, 3.63) is 36.5 Å². The van der Waals surface area contributed by atoms with Gasteiger partial charge in [-0.2, -0.15) is 0 Å². The summed E-state index contributed by atoms with van der Waals surface area (Å²) in [6.45, 7) is 7.31. The maximum Gasteiger partial charge on any atom is 0.335 e. The van der Waals surface area contributed by atoms with E-state index in [1.54, 1.807) is 24.3 Å². The van der Waals surface area contributed by atoms with Crippen molar-refractivity contribution in [2.75, 3.05) is 45.2 Å². The Balaban J connectivity index is 1.76. The number of ether oxygens (including phenoxy) is 1. The molecule has 2 fully saturated rings. The Morgan fingerprint density at radius 2 is 1.85 bits per heavy atom. The van der Waals surface area contributed by atoms with Gasteiger partial charge in [0.2, 0.25) is 5.91 Å². The molecule has 1 aromatic carbocycles. The van der Waals surface area contributed by atoms with E-state index in [2.05, 4.69) is 24.4 Å². The molecule has 0 unspecified atom stereocenters. The van der Waals surface area contributed by atoms with Crippen LogP contribution in [0.3, 0.4) is 0 Å². The van der Waals surface area contributed by atoms with E-state index < -0.39 is 23.8 Å². The summed E-state index contributed by atoms with van der Waals surface area (Å²) >= 11 is 0. The number of hydrogen-bond acceptors (Lipinski definition) is 6. The first-order valence-electron chi connectivity index (χ1n) is 8.75. The standard InChI is InChI=1S/C18H23N5O4/c1-12(20-22-10-8-21(2)9-11-22)15-16(24)19-18(26)23(17(15)25)13-4-6-14(27-3)7-5-13/h4-7,15,20H,1,8-11H2,2-3H3,(H,19,24,26)/p+1/t15-/m1/s1. The molecule has 2 heterocycles. The number of nitrogens with zero attached hydrogens (tertiary/aromatic N) is 2. The Kier molecular flexibility index (Phi) is 5.43. The Labute approximate surface area is 157 Å². The number of imide groups is 2. The van der Waals surface area contributed by atoms with Crippen LogP contribution in [0.1, 0.15) is 0 Å². The van der Waals surface area contributed by atoms with Gasteiger partial charge in [0.05, 0.1) is 46.0 Å². The fraction of sp³-hybridized carbons (Fsp3) is 0.389. The minimum Gasteiger partial charge on any atom is -0.497 e. The fourth-order valence-electron chi connectivity index (χ4n) is 3.13. The van der Waals surface area contributed by atoms with Crippen LogP contribution < -0.4 is 25.3 Å². The third-order valence-electron chi connectivity index (χ3n) is 4.76. The Bertz CT molecular complexity index is 756. The van der Waals surface area contributed by atoms with Crippen molar-refractivity contribution in [1.29, 1.82) is 0 Å². The van der Waals surface area contributed by atoms with Gasteiger partial charge in [0, 0.05) is 5.70 Å². The molecule has 0 radical (unpaired) electrons. The topological polar surface area (TPSA) is 95.4 Å². The van der Waals surface area contributed by atoms with Crippen LogP contribution in [-0.2, 0) is 9.59 Å². The lowest BCUT2D eigenvalue weighted by atomic mass is 10.0. The van der Waals surface area contributed by atoms with Crippen LogP contribution in [0, 0.1) is 5.92 Å². The van der Waals surface area contributed by atoms with Gasteiger partial charge in [-0.25, -0.2) is 14.7 Å². The monoisotopic (exact) mass is 374 g/mol. The maximum absolute atomic E-state index is 12.9. The molecule has 9 heteroatoms. The summed E-state index contributed by atoms with van der Waals surface area (Å²) in [7, 11) is 3.64. The Morgan fingerprint density at radius 1 is 1.22 bits per heavy atom. The number of benzene rings is 1. The van der Waals surface area contributed by atoms with E-state index >= 15 is 0 Å². The molecule has 0 aliphatic carbocycles. The van der Waals surface area contributed by atoms with Crippen LogP contribution in [0.2, 0.25) is 0 Å². The molecule has 1 atom stereocenters. The lowest BCUT2D eigenvalue weighted by Crippen LogP contribution is -3.12. The average molecular weight is 374 g/mol. The highest BCUT2D eigenvalue weighted by atomic mass is 16.5. The molecule has 9 nitrogen and oxygen atoms in total. The van der Waals surface area contributed by atoms with Crippen LogP contribution >= 0.6 is 0 Å². The van der Waals surface area contributed by atoms with Gasteiger partial charge >= 0.3 is 6.03 Å². The average Bonchev–Trinajstić information content (AvgIpc) is 2.64. The van der Waals surface area contributed by atoms with E-state index in [0.29, 0.717) is 11.4 Å². The van der Waals surface area contributed by atoms with Crippen LogP contribution in [0.4, 0.5) is 10.5 Å². The van der Waals surface area contributed by atoms with Crippen molar-refractivity contribution in [2.45, 2.75) is 0 Å². The first kappa shape index (κ1) is 18.9. The van der Waals surface area contributed by atoms with Crippen molar-refractivity contribution in [3.63, 3.8) is 0 Å². The molecule has 0 bridgehead atoms. The van der Waals surface area contributed by atoms with E-state index in [1.807, 2.05) is 5.01 Å². The van der Waals surface area contributed by atoms with Gasteiger partial charge in [-0.1, -0.05) is 6.58 Å². The van der Waals surface area contributed by atoms with Crippen molar-refractivity contribution < 1.29 is 24.0 Å². The highest BCUT2D eigenvalue weighted by Crippen LogP contribution is 2.25. The van der Waals surface area contributed by atoms with Gasteiger partial charge in [0.15, 0.2) is 5.92 Å². The predicted octanol–water partition coefficient (Wildman–Crippen LogP) is -1.26. The van der Waals surface area contributed by atoms with E-state index in [4.69, 9.17) is 4.74 Å². The molecule has 0 spiro atoms. The molecular weight excluding hydrogens is 350 g/mol. The summed E-state index contributed by atoms with van der Waals surface area (Å²) < 4.78 is 5.09. The number of urea groups is 1. The molecule has 144 valence electrons. The van der Waals surface area contributed by atoms with E-state index in [0.717, 1.165) is 31.1 Å². The van der Waals surface area contributed by atoms with Crippen LogP contribution in [0.15, 0.2) is 36.5 Å². The molecule has 3 N–H and O–H groups in total. The number of carbonyl (C=O) groups excluding carboxylic acids is 3. The zero-order chi connectivity index (χ0) is 19.6. The highest BCUT2D eigenvalue weighted by Gasteiger charge is 2.43. The summed E-state index contributed by atoms with van der Waals surface area (Å²) in [6.07, 6.45) is 0. The minimum atomic E-state index is -1.18.